The van der Waals surface area contributed by atoms with Gasteiger partial charge in [-0.3, -0.25) is 4.79 Å². The molecule has 15 heavy (non-hydrogen) atoms. The Morgan fingerprint density at radius 3 is 2.53 bits per heavy atom. The van der Waals surface area contributed by atoms with Crippen LogP contribution >= 0.6 is 11.6 Å². The van der Waals surface area contributed by atoms with Crippen molar-refractivity contribution in [2.45, 2.75) is 6.92 Å². The van der Waals surface area contributed by atoms with E-state index in [1.165, 1.54) is 6.92 Å². The number of hydrogen-bond donors (Lipinski definition) is 0. The van der Waals surface area contributed by atoms with E-state index in [1.54, 1.807) is 24.3 Å². The smallest absolute Gasteiger partial charge is 0.307 e. The van der Waals surface area contributed by atoms with E-state index in [9.17, 15) is 4.79 Å². The molecule has 0 atom stereocenters. The van der Waals surface area contributed by atoms with Gasteiger partial charge in [0.1, 0.15) is 12.3 Å². The van der Waals surface area contributed by atoms with Crippen molar-refractivity contribution >= 4 is 23.1 Å². The van der Waals surface area contributed by atoms with Crippen molar-refractivity contribution in [3.05, 3.63) is 41.1 Å². The number of ether oxygens (including phenoxy) is 1. The fourth-order valence-electron chi connectivity index (χ4n) is 0.930. The number of allylic oxidation sites excluding steroid dienone is 1. The monoisotopic (exact) mass is 221 g/mol. The van der Waals surface area contributed by atoms with Gasteiger partial charge in [0.15, 0.2) is 0 Å². The highest BCUT2D eigenvalue weighted by atomic mass is 35.5. The highest BCUT2D eigenvalue weighted by Crippen LogP contribution is 2.16. The molecule has 76 valence electrons. The largest absolute Gasteiger partial charge is 0.433 e. The van der Waals surface area contributed by atoms with Crippen LogP contribution in [0.15, 0.2) is 30.5 Å². The van der Waals surface area contributed by atoms with Crippen molar-refractivity contribution in [1.82, 2.24) is 0 Å². The molecule has 0 amide bonds. The lowest BCUT2D eigenvalue weighted by Crippen LogP contribution is -1.92. The summed E-state index contributed by atoms with van der Waals surface area (Å²) in [7, 11) is 0. The van der Waals surface area contributed by atoms with Crippen molar-refractivity contribution in [2.75, 3.05) is 0 Å². The van der Waals surface area contributed by atoms with E-state index in [0.717, 1.165) is 6.26 Å². The minimum absolute atomic E-state index is 0.280. The number of carbonyl (C=O) groups excluding carboxylic acids is 1. The second-order valence-corrected chi connectivity index (χ2v) is 3.20. The Morgan fingerprint density at radius 1 is 1.47 bits per heavy atom. The van der Waals surface area contributed by atoms with Gasteiger partial charge in [0, 0.05) is 11.9 Å². The Morgan fingerprint density at radius 2 is 2.07 bits per heavy atom. The van der Waals surface area contributed by atoms with E-state index in [4.69, 9.17) is 16.9 Å². The number of halogens is 1. The first-order valence-corrected chi connectivity index (χ1v) is 4.54. The molecule has 0 aliphatic rings. The van der Waals surface area contributed by atoms with Gasteiger partial charge in [-0.25, -0.2) is 0 Å². The number of carbonyl (C=O) groups is 1. The summed E-state index contributed by atoms with van der Waals surface area (Å²) < 4.78 is 4.62. The first-order chi connectivity index (χ1) is 7.13. The molecular weight excluding hydrogens is 214 g/mol. The lowest BCUT2D eigenvalue weighted by Gasteiger charge is -1.99. The van der Waals surface area contributed by atoms with Crippen molar-refractivity contribution in [1.29, 1.82) is 5.26 Å². The summed E-state index contributed by atoms with van der Waals surface area (Å²) in [5.41, 5.74) is 0.935. The van der Waals surface area contributed by atoms with Crippen LogP contribution in [0.5, 0.6) is 0 Å². The number of benzene rings is 1. The van der Waals surface area contributed by atoms with Crippen molar-refractivity contribution in [3.63, 3.8) is 0 Å². The molecule has 0 unspecified atom stereocenters. The third kappa shape index (κ3) is 3.45. The maximum Gasteiger partial charge on any atom is 0.307 e. The first-order valence-electron chi connectivity index (χ1n) is 4.17. The van der Waals surface area contributed by atoms with Crippen LogP contribution in [0, 0.1) is 11.3 Å². The summed E-state index contributed by atoms with van der Waals surface area (Å²) in [6.45, 7) is 1.27. The van der Waals surface area contributed by atoms with E-state index in [2.05, 4.69) is 4.74 Å². The molecule has 0 saturated heterocycles. The SMILES string of the molecule is CC(=O)OC=C(C#N)c1ccc(Cl)cc1. The fourth-order valence-corrected chi connectivity index (χ4v) is 1.06. The summed E-state index contributed by atoms with van der Waals surface area (Å²) in [6.07, 6.45) is 1.13. The lowest BCUT2D eigenvalue weighted by molar-refractivity contribution is -0.135. The second-order valence-electron chi connectivity index (χ2n) is 2.76. The van der Waals surface area contributed by atoms with Crippen LogP contribution in [0.1, 0.15) is 12.5 Å². The highest BCUT2D eigenvalue weighted by Gasteiger charge is 2.01. The van der Waals surface area contributed by atoms with Gasteiger partial charge in [-0.1, -0.05) is 23.7 Å². The Hall–Kier alpha value is -1.79. The summed E-state index contributed by atoms with van der Waals surface area (Å²) in [4.78, 5) is 10.6. The van der Waals surface area contributed by atoms with Gasteiger partial charge in [-0.05, 0) is 17.7 Å². The predicted octanol–water partition coefficient (Wildman–Crippen LogP) is 2.77. The van der Waals surface area contributed by atoms with Crippen LogP contribution in [0.25, 0.3) is 5.57 Å². The zero-order valence-electron chi connectivity index (χ0n) is 8.03. The molecule has 0 spiro atoms. The number of esters is 1. The Kier molecular flexibility index (Phi) is 3.90. The summed E-state index contributed by atoms with van der Waals surface area (Å²) in [6, 6.07) is 8.62. The van der Waals surface area contributed by atoms with Crippen molar-refractivity contribution < 1.29 is 9.53 Å². The molecule has 3 nitrogen and oxygen atoms in total. The van der Waals surface area contributed by atoms with Crippen LogP contribution in [-0.4, -0.2) is 5.97 Å². The summed E-state index contributed by atoms with van der Waals surface area (Å²) >= 11 is 5.70. The third-order valence-corrected chi connectivity index (χ3v) is 1.87. The summed E-state index contributed by atoms with van der Waals surface area (Å²) in [5.74, 6) is -0.461. The van der Waals surface area contributed by atoms with Crippen LogP contribution in [-0.2, 0) is 9.53 Å². The normalized spacial score (nSPS) is 10.6. The van der Waals surface area contributed by atoms with Gasteiger partial charge in [-0.2, -0.15) is 5.26 Å². The van der Waals surface area contributed by atoms with Crippen molar-refractivity contribution in [2.24, 2.45) is 0 Å². The van der Waals surface area contributed by atoms with Crippen LogP contribution < -0.4 is 0 Å². The van der Waals surface area contributed by atoms with Gasteiger partial charge in [-0.15, -0.1) is 0 Å². The molecule has 1 aromatic carbocycles. The quantitative estimate of drug-likeness (QED) is 0.438. The summed E-state index contributed by atoms with van der Waals surface area (Å²) in [5, 5.41) is 9.41. The molecule has 0 heterocycles. The molecule has 0 N–H and O–H groups in total. The zero-order chi connectivity index (χ0) is 11.3. The van der Waals surface area contributed by atoms with Crippen LogP contribution in [0.3, 0.4) is 0 Å². The number of nitrogens with zero attached hydrogens (tertiary/aromatic N) is 1. The topological polar surface area (TPSA) is 50.1 Å². The molecule has 0 aliphatic carbocycles. The minimum atomic E-state index is -0.461. The average Bonchev–Trinajstić information content (AvgIpc) is 2.21. The van der Waals surface area contributed by atoms with E-state index in [-0.39, 0.29) is 5.57 Å². The Labute approximate surface area is 92.5 Å². The number of rotatable bonds is 2. The standard InChI is InChI=1S/C11H8ClNO2/c1-8(14)15-7-10(6-13)9-2-4-11(12)5-3-9/h2-5,7H,1H3. The third-order valence-electron chi connectivity index (χ3n) is 1.62. The molecule has 0 aliphatic heterocycles. The van der Waals surface area contributed by atoms with Crippen LogP contribution in [0.4, 0.5) is 0 Å². The molecular formula is C11H8ClNO2. The first kappa shape index (κ1) is 11.3. The Bertz CT molecular complexity index is 429. The average molecular weight is 222 g/mol. The second kappa shape index (κ2) is 5.18. The zero-order valence-corrected chi connectivity index (χ0v) is 8.78. The van der Waals surface area contributed by atoms with Gasteiger partial charge < -0.3 is 4.74 Å². The molecule has 0 radical (unpaired) electrons. The Balaban J connectivity index is 2.93. The highest BCUT2D eigenvalue weighted by molar-refractivity contribution is 6.30. The van der Waals surface area contributed by atoms with Gasteiger partial charge in [0.2, 0.25) is 0 Å². The van der Waals surface area contributed by atoms with E-state index in [0.29, 0.717) is 10.6 Å². The van der Waals surface area contributed by atoms with Gasteiger partial charge >= 0.3 is 5.97 Å². The molecule has 0 aromatic heterocycles. The molecule has 0 bridgehead atoms. The van der Waals surface area contributed by atoms with E-state index < -0.39 is 5.97 Å². The number of hydrogen-bond acceptors (Lipinski definition) is 3. The molecule has 1 aromatic rings. The molecule has 1 rings (SSSR count). The maximum atomic E-state index is 10.6. The minimum Gasteiger partial charge on any atom is -0.433 e. The van der Waals surface area contributed by atoms with Crippen molar-refractivity contribution in [3.8, 4) is 6.07 Å². The van der Waals surface area contributed by atoms with Gasteiger partial charge in [0.05, 0.1) is 5.57 Å². The molecule has 4 heteroatoms. The van der Waals surface area contributed by atoms with Gasteiger partial charge in [0.25, 0.3) is 0 Å². The molecule has 0 fully saturated rings. The van der Waals surface area contributed by atoms with Crippen LogP contribution in [0.2, 0.25) is 5.02 Å². The number of nitriles is 1. The fraction of sp³-hybridized carbons (Fsp3) is 0.0909. The predicted molar refractivity (Wildman–Crippen MR) is 56.8 cm³/mol. The molecule has 0 saturated carbocycles. The maximum absolute atomic E-state index is 10.6. The van der Waals surface area contributed by atoms with E-state index >= 15 is 0 Å². The lowest BCUT2D eigenvalue weighted by atomic mass is 10.1. The van der Waals surface area contributed by atoms with E-state index in [1.807, 2.05) is 6.07 Å².